The molecular formula is C9H13N3O3S. The molecule has 0 aromatic carbocycles. The highest BCUT2D eigenvalue weighted by Gasteiger charge is 2.19. The summed E-state index contributed by atoms with van der Waals surface area (Å²) in [6.07, 6.45) is 1.91. The Labute approximate surface area is 93.2 Å². The fourth-order valence-electron chi connectivity index (χ4n) is 1.70. The Kier molecular flexibility index (Phi) is 2.95. The Morgan fingerprint density at radius 2 is 2.12 bits per heavy atom. The standard InChI is InChI=1S/C9H13N3O3S/c13-9-6-8(10-7-11-9)12-2-1-4-16(14,15)5-3-12/h6-7H,1-5H2,(H,10,11,13). The first-order chi connectivity index (χ1) is 7.57. The van der Waals surface area contributed by atoms with E-state index in [1.54, 1.807) is 0 Å². The van der Waals surface area contributed by atoms with Gasteiger partial charge in [0.05, 0.1) is 17.8 Å². The van der Waals surface area contributed by atoms with Crippen molar-refractivity contribution in [1.29, 1.82) is 0 Å². The van der Waals surface area contributed by atoms with Crippen LogP contribution in [-0.2, 0) is 9.84 Å². The number of sulfone groups is 1. The Morgan fingerprint density at radius 1 is 1.31 bits per heavy atom. The Balaban J connectivity index is 2.20. The van der Waals surface area contributed by atoms with Crippen molar-refractivity contribution < 1.29 is 8.42 Å². The van der Waals surface area contributed by atoms with E-state index >= 15 is 0 Å². The summed E-state index contributed by atoms with van der Waals surface area (Å²) in [5.41, 5.74) is -0.225. The molecule has 6 nitrogen and oxygen atoms in total. The zero-order valence-electron chi connectivity index (χ0n) is 8.72. The molecular weight excluding hydrogens is 230 g/mol. The van der Waals surface area contributed by atoms with Crippen LogP contribution in [0.2, 0.25) is 0 Å². The molecule has 0 aliphatic carbocycles. The minimum atomic E-state index is -2.93. The van der Waals surface area contributed by atoms with E-state index in [4.69, 9.17) is 0 Å². The molecule has 0 unspecified atom stereocenters. The van der Waals surface area contributed by atoms with Crippen LogP contribution in [0.25, 0.3) is 0 Å². The van der Waals surface area contributed by atoms with Gasteiger partial charge in [0.25, 0.3) is 5.56 Å². The predicted molar refractivity (Wildman–Crippen MR) is 60.3 cm³/mol. The average Bonchev–Trinajstić information content (AvgIpc) is 2.39. The maximum Gasteiger partial charge on any atom is 0.252 e. The van der Waals surface area contributed by atoms with Crippen LogP contribution in [0.15, 0.2) is 17.2 Å². The highest BCUT2D eigenvalue weighted by Crippen LogP contribution is 2.11. The first kappa shape index (κ1) is 11.1. The molecule has 88 valence electrons. The zero-order chi connectivity index (χ0) is 11.6. The van der Waals surface area contributed by atoms with Gasteiger partial charge >= 0.3 is 0 Å². The van der Waals surface area contributed by atoms with Gasteiger partial charge in [-0.25, -0.2) is 13.4 Å². The van der Waals surface area contributed by atoms with Crippen molar-refractivity contribution in [3.05, 3.63) is 22.7 Å². The van der Waals surface area contributed by atoms with E-state index < -0.39 is 9.84 Å². The van der Waals surface area contributed by atoms with Crippen LogP contribution in [-0.4, -0.2) is 43.0 Å². The Bertz CT molecular complexity index is 523. The lowest BCUT2D eigenvalue weighted by Crippen LogP contribution is -2.28. The van der Waals surface area contributed by atoms with Crippen LogP contribution in [0.4, 0.5) is 5.82 Å². The fourth-order valence-corrected chi connectivity index (χ4v) is 2.97. The van der Waals surface area contributed by atoms with Gasteiger partial charge in [0.15, 0.2) is 9.84 Å². The molecule has 1 aliphatic heterocycles. The van der Waals surface area contributed by atoms with E-state index in [-0.39, 0.29) is 17.1 Å². The summed E-state index contributed by atoms with van der Waals surface area (Å²) in [6, 6.07) is 1.39. The van der Waals surface area contributed by atoms with Crippen molar-refractivity contribution in [3.8, 4) is 0 Å². The molecule has 0 saturated carbocycles. The second-order valence-electron chi connectivity index (χ2n) is 3.76. The van der Waals surface area contributed by atoms with E-state index in [1.807, 2.05) is 4.90 Å². The molecule has 0 bridgehead atoms. The van der Waals surface area contributed by atoms with Crippen LogP contribution >= 0.6 is 0 Å². The Morgan fingerprint density at radius 3 is 2.88 bits per heavy atom. The number of hydrogen-bond acceptors (Lipinski definition) is 5. The highest BCUT2D eigenvalue weighted by atomic mass is 32.2. The molecule has 7 heteroatoms. The minimum absolute atomic E-state index is 0.126. The number of anilines is 1. The quantitative estimate of drug-likeness (QED) is 0.711. The van der Waals surface area contributed by atoms with Gasteiger partial charge in [-0.05, 0) is 6.42 Å². The monoisotopic (exact) mass is 243 g/mol. The number of hydrogen-bond donors (Lipinski definition) is 1. The molecule has 2 heterocycles. The van der Waals surface area contributed by atoms with Gasteiger partial charge in [0.2, 0.25) is 0 Å². The lowest BCUT2D eigenvalue weighted by molar-refractivity contribution is 0.597. The molecule has 1 aromatic rings. The van der Waals surface area contributed by atoms with Gasteiger partial charge in [-0.3, -0.25) is 4.79 Å². The van der Waals surface area contributed by atoms with Gasteiger partial charge < -0.3 is 9.88 Å². The van der Waals surface area contributed by atoms with Gasteiger partial charge in [-0.15, -0.1) is 0 Å². The van der Waals surface area contributed by atoms with Gasteiger partial charge in [-0.1, -0.05) is 0 Å². The molecule has 1 aromatic heterocycles. The summed E-state index contributed by atoms with van der Waals surface area (Å²) >= 11 is 0. The van der Waals surface area contributed by atoms with Crippen molar-refractivity contribution in [2.45, 2.75) is 6.42 Å². The predicted octanol–water partition coefficient (Wildman–Crippen LogP) is -0.605. The molecule has 1 fully saturated rings. The second-order valence-corrected chi connectivity index (χ2v) is 6.07. The van der Waals surface area contributed by atoms with Gasteiger partial charge in [-0.2, -0.15) is 0 Å². The topological polar surface area (TPSA) is 83.1 Å². The first-order valence-corrected chi connectivity index (χ1v) is 6.89. The van der Waals surface area contributed by atoms with E-state index in [2.05, 4.69) is 9.97 Å². The lowest BCUT2D eigenvalue weighted by atomic mass is 10.4. The van der Waals surface area contributed by atoms with E-state index in [0.717, 1.165) is 0 Å². The maximum absolute atomic E-state index is 11.4. The first-order valence-electron chi connectivity index (χ1n) is 5.07. The third-order valence-corrected chi connectivity index (χ3v) is 4.26. The highest BCUT2D eigenvalue weighted by molar-refractivity contribution is 7.91. The summed E-state index contributed by atoms with van der Waals surface area (Å²) in [4.78, 5) is 19.4. The molecule has 1 N–H and O–H groups in total. The number of aromatic amines is 1. The summed E-state index contributed by atoms with van der Waals surface area (Å²) in [7, 11) is -2.93. The van der Waals surface area contributed by atoms with Crippen LogP contribution in [0.5, 0.6) is 0 Å². The lowest BCUT2D eigenvalue weighted by Gasteiger charge is -2.19. The van der Waals surface area contributed by atoms with E-state index in [1.165, 1.54) is 12.4 Å². The molecule has 1 saturated heterocycles. The van der Waals surface area contributed by atoms with Crippen LogP contribution in [0, 0.1) is 0 Å². The van der Waals surface area contributed by atoms with Gasteiger partial charge in [0.1, 0.15) is 5.82 Å². The average molecular weight is 243 g/mol. The fraction of sp³-hybridized carbons (Fsp3) is 0.556. The molecule has 16 heavy (non-hydrogen) atoms. The van der Waals surface area contributed by atoms with Crippen molar-refractivity contribution in [3.63, 3.8) is 0 Å². The number of nitrogens with one attached hydrogen (secondary N) is 1. The van der Waals surface area contributed by atoms with Crippen LogP contribution < -0.4 is 10.5 Å². The maximum atomic E-state index is 11.4. The smallest absolute Gasteiger partial charge is 0.252 e. The molecule has 1 aliphatic rings. The largest absolute Gasteiger partial charge is 0.355 e. The molecule has 0 amide bonds. The molecule has 2 rings (SSSR count). The number of H-pyrrole nitrogens is 1. The third-order valence-electron chi connectivity index (χ3n) is 2.54. The van der Waals surface area contributed by atoms with Crippen molar-refractivity contribution in [2.75, 3.05) is 29.5 Å². The minimum Gasteiger partial charge on any atom is -0.355 e. The van der Waals surface area contributed by atoms with E-state index in [9.17, 15) is 13.2 Å². The number of nitrogens with zero attached hydrogens (tertiary/aromatic N) is 2. The summed E-state index contributed by atoms with van der Waals surface area (Å²) in [5, 5.41) is 0. The van der Waals surface area contributed by atoms with Crippen molar-refractivity contribution in [2.24, 2.45) is 0 Å². The summed E-state index contributed by atoms with van der Waals surface area (Å²) in [6.45, 7) is 1.02. The van der Waals surface area contributed by atoms with E-state index in [0.29, 0.717) is 25.3 Å². The SMILES string of the molecule is O=c1cc(N2CCCS(=O)(=O)CC2)nc[nH]1. The number of aromatic nitrogens is 2. The third kappa shape index (κ3) is 2.60. The normalized spacial score (nSPS) is 20.4. The molecule has 0 spiro atoms. The van der Waals surface area contributed by atoms with Crippen molar-refractivity contribution >= 4 is 15.7 Å². The summed E-state index contributed by atoms with van der Waals surface area (Å²) in [5.74, 6) is 0.884. The molecule has 0 radical (unpaired) electrons. The molecule has 0 atom stereocenters. The summed E-state index contributed by atoms with van der Waals surface area (Å²) < 4.78 is 22.8. The Hall–Kier alpha value is -1.37. The van der Waals surface area contributed by atoms with Crippen LogP contribution in [0.1, 0.15) is 6.42 Å². The second kappa shape index (κ2) is 4.25. The van der Waals surface area contributed by atoms with Crippen molar-refractivity contribution in [1.82, 2.24) is 9.97 Å². The number of rotatable bonds is 1. The van der Waals surface area contributed by atoms with Gasteiger partial charge in [0, 0.05) is 19.2 Å². The van der Waals surface area contributed by atoms with Crippen LogP contribution in [0.3, 0.4) is 0 Å². The zero-order valence-corrected chi connectivity index (χ0v) is 9.53.